The second-order valence-corrected chi connectivity index (χ2v) is 8.82. The normalized spacial score (nSPS) is 11.6. The van der Waals surface area contributed by atoms with Crippen molar-refractivity contribution in [1.29, 1.82) is 0 Å². The summed E-state index contributed by atoms with van der Waals surface area (Å²) in [7, 11) is 0. The molecule has 5 nitrogen and oxygen atoms in total. The number of oxime groups is 1. The van der Waals surface area contributed by atoms with Crippen molar-refractivity contribution in [2.75, 3.05) is 26.4 Å². The zero-order valence-electron chi connectivity index (χ0n) is 16.9. The molecule has 0 amide bonds. The van der Waals surface area contributed by atoms with Crippen LogP contribution in [0.15, 0.2) is 27.9 Å². The maximum Gasteiger partial charge on any atom is 0.156 e. The standard InChI is InChI=1S/C20H27Cl4NO4/c1-20(2,3)29-25-8-12-26-9-5-4-6-10-28-19-16(21)13-15(14-17(19)22)27-11-7-18(23)24/h7-8,13-14H,4-6,9-12H2,1-3H3/b25-8+. The van der Waals surface area contributed by atoms with Crippen molar-refractivity contribution in [1.82, 2.24) is 0 Å². The third kappa shape index (κ3) is 13.1. The fourth-order valence-electron chi connectivity index (χ4n) is 1.98. The maximum atomic E-state index is 6.23. The molecule has 0 aliphatic carbocycles. The minimum Gasteiger partial charge on any atom is -0.490 e. The monoisotopic (exact) mass is 485 g/mol. The molecule has 0 radical (unpaired) electrons. The summed E-state index contributed by atoms with van der Waals surface area (Å²) in [5, 5.41) is 4.62. The van der Waals surface area contributed by atoms with E-state index in [9.17, 15) is 0 Å². The van der Waals surface area contributed by atoms with Crippen LogP contribution in [0.25, 0.3) is 0 Å². The Bertz CT molecular complexity index is 648. The summed E-state index contributed by atoms with van der Waals surface area (Å²) >= 11 is 23.5. The van der Waals surface area contributed by atoms with Gasteiger partial charge in [-0.05, 0) is 46.1 Å². The van der Waals surface area contributed by atoms with Gasteiger partial charge in [-0.1, -0.05) is 51.6 Å². The highest BCUT2D eigenvalue weighted by Gasteiger charge is 2.11. The van der Waals surface area contributed by atoms with Gasteiger partial charge in [0, 0.05) is 18.7 Å². The molecule has 1 rings (SSSR count). The van der Waals surface area contributed by atoms with Crippen molar-refractivity contribution >= 4 is 52.6 Å². The molecule has 1 aromatic carbocycles. The lowest BCUT2D eigenvalue weighted by atomic mass is 10.2. The predicted molar refractivity (Wildman–Crippen MR) is 121 cm³/mol. The summed E-state index contributed by atoms with van der Waals surface area (Å²) in [5.41, 5.74) is -0.286. The molecule has 0 aliphatic heterocycles. The molecule has 164 valence electrons. The molecule has 29 heavy (non-hydrogen) atoms. The van der Waals surface area contributed by atoms with Crippen LogP contribution in [-0.2, 0) is 9.57 Å². The fraction of sp³-hybridized carbons (Fsp3) is 0.550. The van der Waals surface area contributed by atoms with E-state index in [0.29, 0.717) is 41.4 Å². The van der Waals surface area contributed by atoms with Gasteiger partial charge in [-0.3, -0.25) is 0 Å². The number of hydrogen-bond donors (Lipinski definition) is 0. The molecular weight excluding hydrogens is 460 g/mol. The van der Waals surface area contributed by atoms with Gasteiger partial charge in [-0.15, -0.1) is 0 Å². The van der Waals surface area contributed by atoms with Crippen LogP contribution in [0.5, 0.6) is 11.5 Å². The summed E-state index contributed by atoms with van der Waals surface area (Å²) in [4.78, 5) is 5.22. The minimum atomic E-state index is -0.286. The molecule has 1 aromatic rings. The first kappa shape index (κ1) is 26.2. The number of benzene rings is 1. The Hall–Kier alpha value is -0.850. The second-order valence-electron chi connectivity index (χ2n) is 7.00. The van der Waals surface area contributed by atoms with Crippen molar-refractivity contribution in [3.63, 3.8) is 0 Å². The molecule has 0 saturated heterocycles. The zero-order valence-corrected chi connectivity index (χ0v) is 19.9. The maximum absolute atomic E-state index is 6.23. The van der Waals surface area contributed by atoms with Crippen LogP contribution in [0.2, 0.25) is 10.0 Å². The van der Waals surface area contributed by atoms with E-state index >= 15 is 0 Å². The Morgan fingerprint density at radius 1 is 0.966 bits per heavy atom. The number of hydrogen-bond acceptors (Lipinski definition) is 5. The Labute approximate surface area is 192 Å². The summed E-state index contributed by atoms with van der Waals surface area (Å²) in [6, 6.07) is 3.27. The summed E-state index contributed by atoms with van der Waals surface area (Å²) in [5.74, 6) is 0.949. The van der Waals surface area contributed by atoms with Gasteiger partial charge in [0.05, 0.1) is 29.5 Å². The van der Waals surface area contributed by atoms with Crippen LogP contribution in [0.1, 0.15) is 40.0 Å². The predicted octanol–water partition coefficient (Wildman–Crippen LogP) is 7.06. The van der Waals surface area contributed by atoms with E-state index < -0.39 is 0 Å². The molecule has 9 heteroatoms. The molecule has 0 aromatic heterocycles. The fourth-order valence-corrected chi connectivity index (χ4v) is 2.68. The highest BCUT2D eigenvalue weighted by atomic mass is 35.5. The van der Waals surface area contributed by atoms with Gasteiger partial charge in [-0.2, -0.15) is 0 Å². The lowest BCUT2D eigenvalue weighted by molar-refractivity contribution is 0.000668. The first-order chi connectivity index (χ1) is 13.7. The van der Waals surface area contributed by atoms with Crippen molar-refractivity contribution < 1.29 is 19.0 Å². The zero-order chi connectivity index (χ0) is 21.7. The third-order valence-electron chi connectivity index (χ3n) is 3.23. The van der Waals surface area contributed by atoms with E-state index in [1.165, 1.54) is 6.08 Å². The average molecular weight is 487 g/mol. The van der Waals surface area contributed by atoms with Gasteiger partial charge >= 0.3 is 0 Å². The molecular formula is C20H27Cl4NO4. The Kier molecular flexibility index (Phi) is 12.8. The van der Waals surface area contributed by atoms with Crippen LogP contribution >= 0.6 is 46.4 Å². The van der Waals surface area contributed by atoms with Gasteiger partial charge in [0.15, 0.2) is 5.75 Å². The molecule has 0 spiro atoms. The van der Waals surface area contributed by atoms with Crippen LogP contribution < -0.4 is 9.47 Å². The summed E-state index contributed by atoms with van der Waals surface area (Å²) in [6.45, 7) is 7.61. The number of halogens is 4. The summed E-state index contributed by atoms with van der Waals surface area (Å²) in [6.07, 6.45) is 5.87. The van der Waals surface area contributed by atoms with E-state index in [1.54, 1.807) is 18.3 Å². The number of unbranched alkanes of at least 4 members (excludes halogenated alkanes) is 2. The molecule has 0 aliphatic rings. The third-order valence-corrected chi connectivity index (χ3v) is 4.10. The van der Waals surface area contributed by atoms with Gasteiger partial charge in [0.2, 0.25) is 0 Å². The van der Waals surface area contributed by atoms with Crippen molar-refractivity contribution in [2.24, 2.45) is 5.16 Å². The smallest absolute Gasteiger partial charge is 0.156 e. The average Bonchev–Trinajstić information content (AvgIpc) is 2.60. The molecule has 0 saturated carbocycles. The number of nitrogens with zero attached hydrogens (tertiary/aromatic N) is 1. The van der Waals surface area contributed by atoms with Gasteiger partial charge in [0.25, 0.3) is 0 Å². The van der Waals surface area contributed by atoms with E-state index in [-0.39, 0.29) is 16.7 Å². The quantitative estimate of drug-likeness (QED) is 0.170. The minimum absolute atomic E-state index is 0.134. The lowest BCUT2D eigenvalue weighted by Gasteiger charge is -2.14. The van der Waals surface area contributed by atoms with E-state index in [1.807, 2.05) is 20.8 Å². The van der Waals surface area contributed by atoms with Crippen LogP contribution in [-0.4, -0.2) is 38.2 Å². The molecule has 0 fully saturated rings. The SMILES string of the molecule is CC(C)(C)O/N=C/COCCCCCOc1c(Cl)cc(OCC=C(Cl)Cl)cc1Cl. The van der Waals surface area contributed by atoms with Crippen molar-refractivity contribution in [3.05, 3.63) is 32.7 Å². The van der Waals surface area contributed by atoms with E-state index in [2.05, 4.69) is 5.16 Å². The van der Waals surface area contributed by atoms with Gasteiger partial charge in [-0.25, -0.2) is 0 Å². The van der Waals surface area contributed by atoms with Gasteiger partial charge in [0.1, 0.15) is 22.4 Å². The highest BCUT2D eigenvalue weighted by molar-refractivity contribution is 6.55. The Balaban J connectivity index is 2.20. The molecule has 0 bridgehead atoms. The van der Waals surface area contributed by atoms with E-state index in [4.69, 9.17) is 65.5 Å². The van der Waals surface area contributed by atoms with Crippen molar-refractivity contribution in [3.8, 4) is 11.5 Å². The molecule has 0 atom stereocenters. The number of rotatable bonds is 13. The van der Waals surface area contributed by atoms with Gasteiger partial charge < -0.3 is 19.0 Å². The first-order valence-corrected chi connectivity index (χ1v) is 10.7. The Morgan fingerprint density at radius 3 is 2.24 bits per heavy atom. The molecule has 0 heterocycles. The highest BCUT2D eigenvalue weighted by Crippen LogP contribution is 2.37. The van der Waals surface area contributed by atoms with Crippen LogP contribution in [0.4, 0.5) is 0 Å². The largest absolute Gasteiger partial charge is 0.490 e. The van der Waals surface area contributed by atoms with Crippen molar-refractivity contribution in [2.45, 2.75) is 45.6 Å². The van der Waals surface area contributed by atoms with Crippen LogP contribution in [0.3, 0.4) is 0 Å². The lowest BCUT2D eigenvalue weighted by Crippen LogP contribution is -2.15. The first-order valence-electron chi connectivity index (χ1n) is 9.22. The molecule has 0 N–H and O–H groups in total. The van der Waals surface area contributed by atoms with Crippen LogP contribution in [0, 0.1) is 0 Å². The number of ether oxygens (including phenoxy) is 3. The second kappa shape index (κ2) is 14.2. The topological polar surface area (TPSA) is 49.3 Å². The molecule has 0 unspecified atom stereocenters. The summed E-state index contributed by atoms with van der Waals surface area (Å²) < 4.78 is 16.8. The van der Waals surface area contributed by atoms with E-state index in [0.717, 1.165) is 19.3 Å². The Morgan fingerprint density at radius 2 is 1.62 bits per heavy atom.